The molecule has 2 unspecified atom stereocenters. The molecule has 0 aromatic heterocycles. The minimum Gasteiger partial charge on any atom is -0.444 e. The van der Waals surface area contributed by atoms with Crippen LogP contribution >= 0.6 is 0 Å². The van der Waals surface area contributed by atoms with E-state index >= 15 is 0 Å². The minimum absolute atomic E-state index is 0.167. The van der Waals surface area contributed by atoms with Crippen molar-refractivity contribution in [3.63, 3.8) is 0 Å². The van der Waals surface area contributed by atoms with Gasteiger partial charge in [-0.15, -0.1) is 0 Å². The van der Waals surface area contributed by atoms with Crippen LogP contribution < -0.4 is 5.32 Å². The molecule has 0 radical (unpaired) electrons. The highest BCUT2D eigenvalue weighted by Gasteiger charge is 2.32. The van der Waals surface area contributed by atoms with Gasteiger partial charge in [0, 0.05) is 31.8 Å². The summed E-state index contributed by atoms with van der Waals surface area (Å²) in [5, 5.41) is 3.51. The lowest BCUT2D eigenvalue weighted by molar-refractivity contribution is 0.0214. The maximum Gasteiger partial charge on any atom is 0.410 e. The van der Waals surface area contributed by atoms with Gasteiger partial charge in [0.1, 0.15) is 5.60 Å². The Hall–Kier alpha value is -0.810. The van der Waals surface area contributed by atoms with E-state index in [4.69, 9.17) is 9.47 Å². The molecule has 1 N–H and O–H groups in total. The van der Waals surface area contributed by atoms with Gasteiger partial charge in [-0.05, 0) is 65.7 Å². The van der Waals surface area contributed by atoms with Crippen LogP contribution in [0.2, 0.25) is 0 Å². The first-order valence-corrected chi connectivity index (χ1v) is 9.16. The Morgan fingerprint density at radius 2 is 2.04 bits per heavy atom. The Balaban J connectivity index is 1.64. The molecule has 1 heterocycles. The molecular formula is C18H34N2O3. The van der Waals surface area contributed by atoms with E-state index < -0.39 is 5.60 Å². The molecule has 0 aromatic rings. The van der Waals surface area contributed by atoms with Crippen molar-refractivity contribution in [1.82, 2.24) is 10.2 Å². The van der Waals surface area contributed by atoms with Gasteiger partial charge in [0.25, 0.3) is 0 Å². The van der Waals surface area contributed by atoms with E-state index in [-0.39, 0.29) is 6.09 Å². The highest BCUT2D eigenvalue weighted by atomic mass is 16.6. The number of amides is 1. The number of ether oxygens (including phenoxy) is 2. The van der Waals surface area contributed by atoms with Gasteiger partial charge in [-0.2, -0.15) is 0 Å². The second kappa shape index (κ2) is 8.34. The van der Waals surface area contributed by atoms with E-state index in [0.29, 0.717) is 12.1 Å². The van der Waals surface area contributed by atoms with E-state index in [2.05, 4.69) is 12.2 Å². The fraction of sp³-hybridized carbons (Fsp3) is 0.944. The van der Waals surface area contributed by atoms with Gasteiger partial charge in [0.15, 0.2) is 0 Å². The van der Waals surface area contributed by atoms with Gasteiger partial charge in [0.05, 0.1) is 6.61 Å². The van der Waals surface area contributed by atoms with Gasteiger partial charge < -0.3 is 19.7 Å². The first kappa shape index (κ1) is 18.5. The second-order valence-electron chi connectivity index (χ2n) is 8.08. The van der Waals surface area contributed by atoms with E-state index in [1.165, 1.54) is 12.8 Å². The molecule has 2 atom stereocenters. The maximum absolute atomic E-state index is 12.3. The van der Waals surface area contributed by atoms with Crippen LogP contribution in [0.5, 0.6) is 0 Å². The third-order valence-electron chi connectivity index (χ3n) is 4.42. The Kier molecular flexibility index (Phi) is 6.72. The summed E-state index contributed by atoms with van der Waals surface area (Å²) in [6.45, 7) is 11.3. The molecule has 1 aliphatic carbocycles. The first-order chi connectivity index (χ1) is 10.8. The van der Waals surface area contributed by atoms with Gasteiger partial charge in [-0.25, -0.2) is 4.79 Å². The van der Waals surface area contributed by atoms with Gasteiger partial charge in [-0.1, -0.05) is 0 Å². The monoisotopic (exact) mass is 326 g/mol. The summed E-state index contributed by atoms with van der Waals surface area (Å²) < 4.78 is 11.2. The zero-order valence-corrected chi connectivity index (χ0v) is 15.3. The van der Waals surface area contributed by atoms with Crippen LogP contribution in [0.25, 0.3) is 0 Å². The fourth-order valence-corrected chi connectivity index (χ4v) is 3.05. The van der Waals surface area contributed by atoms with Crippen LogP contribution in [0.1, 0.15) is 59.8 Å². The van der Waals surface area contributed by atoms with Crippen molar-refractivity contribution in [3.8, 4) is 0 Å². The lowest BCUT2D eigenvalue weighted by atomic mass is 10.1. The summed E-state index contributed by atoms with van der Waals surface area (Å²) in [6.07, 6.45) is 5.63. The van der Waals surface area contributed by atoms with Gasteiger partial charge >= 0.3 is 6.09 Å². The Morgan fingerprint density at radius 1 is 1.30 bits per heavy atom. The number of nitrogens with zero attached hydrogens (tertiary/aromatic N) is 1. The molecule has 5 nitrogen and oxygen atoms in total. The zero-order chi connectivity index (χ0) is 16.9. The van der Waals surface area contributed by atoms with Crippen molar-refractivity contribution in [3.05, 3.63) is 0 Å². The quantitative estimate of drug-likeness (QED) is 0.696. The summed E-state index contributed by atoms with van der Waals surface area (Å²) in [7, 11) is 0. The molecular weight excluding hydrogens is 292 g/mol. The third kappa shape index (κ3) is 7.08. The Morgan fingerprint density at radius 3 is 2.70 bits per heavy atom. The average molecular weight is 326 g/mol. The molecule has 134 valence electrons. The molecule has 0 bridgehead atoms. The van der Waals surface area contributed by atoms with Crippen LogP contribution in [0, 0.1) is 5.92 Å². The van der Waals surface area contributed by atoms with E-state index in [0.717, 1.165) is 51.5 Å². The standard InChI is InChI=1S/C18H34N2O3/c1-14(19-9-11-22-13-15-7-8-15)12-16-6-5-10-20(16)17(21)23-18(2,3)4/h14-16,19H,5-13H2,1-4H3. The molecule has 0 aromatic carbocycles. The fourth-order valence-electron chi connectivity index (χ4n) is 3.05. The Labute approximate surface area is 141 Å². The van der Waals surface area contributed by atoms with E-state index in [9.17, 15) is 4.79 Å². The van der Waals surface area contributed by atoms with Crippen molar-refractivity contribution < 1.29 is 14.3 Å². The van der Waals surface area contributed by atoms with Crippen molar-refractivity contribution in [1.29, 1.82) is 0 Å². The predicted molar refractivity (Wildman–Crippen MR) is 91.6 cm³/mol. The smallest absolute Gasteiger partial charge is 0.410 e. The molecule has 0 spiro atoms. The summed E-state index contributed by atoms with van der Waals surface area (Å²) >= 11 is 0. The number of carbonyl (C=O) groups excluding carboxylic acids is 1. The summed E-state index contributed by atoms with van der Waals surface area (Å²) in [5.74, 6) is 0.827. The van der Waals surface area contributed by atoms with Gasteiger partial charge in [0.2, 0.25) is 0 Å². The number of likely N-dealkylation sites (tertiary alicyclic amines) is 1. The number of rotatable bonds is 8. The number of carbonyl (C=O) groups is 1. The molecule has 5 heteroatoms. The summed E-state index contributed by atoms with van der Waals surface area (Å²) in [4.78, 5) is 14.2. The first-order valence-electron chi connectivity index (χ1n) is 9.16. The Bertz CT molecular complexity index is 377. The van der Waals surface area contributed by atoms with Crippen LogP contribution in [0.15, 0.2) is 0 Å². The average Bonchev–Trinajstić information content (AvgIpc) is 3.14. The molecule has 1 aliphatic heterocycles. The maximum atomic E-state index is 12.3. The van der Waals surface area contributed by atoms with Crippen LogP contribution in [-0.4, -0.2) is 55.0 Å². The lowest BCUT2D eigenvalue weighted by Crippen LogP contribution is -2.43. The second-order valence-corrected chi connectivity index (χ2v) is 8.08. The van der Waals surface area contributed by atoms with E-state index in [1.807, 2.05) is 25.7 Å². The highest BCUT2D eigenvalue weighted by Crippen LogP contribution is 2.28. The number of hydrogen-bond donors (Lipinski definition) is 1. The number of hydrogen-bond acceptors (Lipinski definition) is 4. The SMILES string of the molecule is CC(CC1CCCN1C(=O)OC(C)(C)C)NCCOCC1CC1. The summed E-state index contributed by atoms with van der Waals surface area (Å²) in [5.41, 5.74) is -0.424. The van der Waals surface area contributed by atoms with Crippen LogP contribution in [0.3, 0.4) is 0 Å². The highest BCUT2D eigenvalue weighted by molar-refractivity contribution is 5.68. The molecule has 2 aliphatic rings. The topological polar surface area (TPSA) is 50.8 Å². The van der Waals surface area contributed by atoms with Crippen molar-refractivity contribution in [2.75, 3.05) is 26.3 Å². The van der Waals surface area contributed by atoms with Gasteiger partial charge in [-0.3, -0.25) is 0 Å². The molecule has 2 fully saturated rings. The lowest BCUT2D eigenvalue weighted by Gasteiger charge is -2.30. The van der Waals surface area contributed by atoms with Crippen molar-refractivity contribution in [2.45, 2.75) is 77.5 Å². The number of nitrogens with one attached hydrogen (secondary N) is 1. The van der Waals surface area contributed by atoms with Crippen LogP contribution in [-0.2, 0) is 9.47 Å². The third-order valence-corrected chi connectivity index (χ3v) is 4.42. The molecule has 1 saturated heterocycles. The van der Waals surface area contributed by atoms with E-state index in [1.54, 1.807) is 0 Å². The predicted octanol–water partition coefficient (Wildman–Crippen LogP) is 3.18. The van der Waals surface area contributed by atoms with Crippen LogP contribution in [0.4, 0.5) is 4.79 Å². The molecule has 2 rings (SSSR count). The van der Waals surface area contributed by atoms with Crippen molar-refractivity contribution >= 4 is 6.09 Å². The zero-order valence-electron chi connectivity index (χ0n) is 15.3. The normalized spacial score (nSPS) is 23.1. The largest absolute Gasteiger partial charge is 0.444 e. The molecule has 23 heavy (non-hydrogen) atoms. The minimum atomic E-state index is -0.424. The molecule has 1 saturated carbocycles. The summed E-state index contributed by atoms with van der Waals surface area (Å²) in [6, 6.07) is 0.673. The molecule has 1 amide bonds. The van der Waals surface area contributed by atoms with Crippen molar-refractivity contribution in [2.24, 2.45) is 5.92 Å².